The second kappa shape index (κ2) is 7.24. The third-order valence-corrected chi connectivity index (χ3v) is 3.04. The minimum absolute atomic E-state index is 0.00309. The van der Waals surface area contributed by atoms with Crippen LogP contribution in [0.3, 0.4) is 0 Å². The average molecular weight is 255 g/mol. The number of piperidine rings is 1. The van der Waals surface area contributed by atoms with Crippen molar-refractivity contribution >= 4 is 11.9 Å². The summed E-state index contributed by atoms with van der Waals surface area (Å²) in [5, 5.41) is 5.91. The maximum absolute atomic E-state index is 11.8. The molecule has 1 aliphatic heterocycles. The summed E-state index contributed by atoms with van der Waals surface area (Å²) in [6.45, 7) is 7.34. The van der Waals surface area contributed by atoms with Crippen molar-refractivity contribution < 1.29 is 9.59 Å². The number of hydrogen-bond acceptors (Lipinski definition) is 2. The van der Waals surface area contributed by atoms with Gasteiger partial charge in [0.15, 0.2) is 0 Å². The van der Waals surface area contributed by atoms with Gasteiger partial charge < -0.3 is 15.5 Å². The zero-order chi connectivity index (χ0) is 13.5. The molecule has 0 atom stereocenters. The summed E-state index contributed by atoms with van der Waals surface area (Å²) in [7, 11) is 0. The smallest absolute Gasteiger partial charge is 0.317 e. The van der Waals surface area contributed by atoms with Crippen LogP contribution in [0.25, 0.3) is 0 Å². The van der Waals surface area contributed by atoms with Crippen molar-refractivity contribution in [3.63, 3.8) is 0 Å². The molecule has 5 heteroatoms. The highest BCUT2D eigenvalue weighted by molar-refractivity contribution is 5.76. The summed E-state index contributed by atoms with van der Waals surface area (Å²) >= 11 is 0. The number of urea groups is 1. The Morgan fingerprint density at radius 1 is 1.28 bits per heavy atom. The Morgan fingerprint density at radius 2 is 1.89 bits per heavy atom. The lowest BCUT2D eigenvalue weighted by molar-refractivity contribution is -0.122. The van der Waals surface area contributed by atoms with Crippen LogP contribution in [0, 0.1) is 0 Å². The Balaban J connectivity index is 2.28. The number of carbonyl (C=O) groups is 2. The van der Waals surface area contributed by atoms with E-state index in [1.807, 2.05) is 25.7 Å². The molecule has 0 bridgehead atoms. The molecule has 1 saturated heterocycles. The first-order chi connectivity index (χ1) is 8.52. The van der Waals surface area contributed by atoms with Gasteiger partial charge in [0.25, 0.3) is 0 Å². The molecule has 0 saturated carbocycles. The molecule has 1 aliphatic rings. The topological polar surface area (TPSA) is 61.4 Å². The van der Waals surface area contributed by atoms with Gasteiger partial charge in [-0.1, -0.05) is 6.92 Å². The maximum Gasteiger partial charge on any atom is 0.317 e. The lowest BCUT2D eigenvalue weighted by atomic mass is 10.1. The van der Waals surface area contributed by atoms with E-state index in [0.29, 0.717) is 6.42 Å². The fourth-order valence-corrected chi connectivity index (χ4v) is 2.09. The number of hydrogen-bond donors (Lipinski definition) is 2. The first-order valence-corrected chi connectivity index (χ1v) is 6.87. The van der Waals surface area contributed by atoms with Crippen LogP contribution < -0.4 is 10.6 Å². The summed E-state index contributed by atoms with van der Waals surface area (Å²) < 4.78 is 0. The predicted octanol–water partition coefficient (Wildman–Crippen LogP) is 1.49. The molecule has 0 aromatic heterocycles. The van der Waals surface area contributed by atoms with E-state index in [1.54, 1.807) is 0 Å². The minimum Gasteiger partial charge on any atom is -0.353 e. The monoisotopic (exact) mass is 255 g/mol. The Morgan fingerprint density at radius 3 is 2.39 bits per heavy atom. The summed E-state index contributed by atoms with van der Waals surface area (Å²) in [5.74, 6) is 0.127. The minimum atomic E-state index is 0.00309. The molecule has 1 rings (SSSR count). The van der Waals surface area contributed by atoms with E-state index in [1.165, 1.54) is 0 Å². The van der Waals surface area contributed by atoms with E-state index >= 15 is 0 Å². The Hall–Kier alpha value is -1.26. The van der Waals surface area contributed by atoms with E-state index in [-0.39, 0.29) is 24.0 Å². The zero-order valence-corrected chi connectivity index (χ0v) is 11.7. The summed E-state index contributed by atoms with van der Waals surface area (Å²) in [4.78, 5) is 25.1. The molecule has 0 spiro atoms. The van der Waals surface area contributed by atoms with E-state index in [9.17, 15) is 9.59 Å². The van der Waals surface area contributed by atoms with Gasteiger partial charge in [-0.05, 0) is 33.1 Å². The molecule has 1 fully saturated rings. The molecular formula is C13H25N3O2. The largest absolute Gasteiger partial charge is 0.353 e. The van der Waals surface area contributed by atoms with Gasteiger partial charge in [-0.3, -0.25) is 4.79 Å². The van der Waals surface area contributed by atoms with Crippen molar-refractivity contribution in [2.45, 2.75) is 58.5 Å². The number of rotatable bonds is 4. The van der Waals surface area contributed by atoms with Gasteiger partial charge in [-0.25, -0.2) is 4.79 Å². The summed E-state index contributed by atoms with van der Waals surface area (Å²) in [6, 6.07) is 0.398. The first kappa shape index (κ1) is 14.8. The molecule has 0 aromatic carbocycles. The number of nitrogens with zero attached hydrogens (tertiary/aromatic N) is 1. The van der Waals surface area contributed by atoms with E-state index in [2.05, 4.69) is 10.6 Å². The van der Waals surface area contributed by atoms with E-state index < -0.39 is 0 Å². The van der Waals surface area contributed by atoms with Crippen molar-refractivity contribution in [2.75, 3.05) is 13.1 Å². The van der Waals surface area contributed by atoms with E-state index in [4.69, 9.17) is 0 Å². The first-order valence-electron chi connectivity index (χ1n) is 6.87. The third-order valence-electron chi connectivity index (χ3n) is 3.04. The number of amides is 3. The Labute approximate surface area is 109 Å². The van der Waals surface area contributed by atoms with Crippen molar-refractivity contribution in [3.8, 4) is 0 Å². The fraction of sp³-hybridized carbons (Fsp3) is 0.846. The molecule has 1 heterocycles. The average Bonchev–Trinajstić information content (AvgIpc) is 2.29. The Kier molecular flexibility index (Phi) is 5.95. The molecule has 104 valence electrons. The molecule has 5 nitrogen and oxygen atoms in total. The normalized spacial score (nSPS) is 16.8. The van der Waals surface area contributed by atoms with Crippen LogP contribution in [0.5, 0.6) is 0 Å². The van der Waals surface area contributed by atoms with Crippen LogP contribution in [-0.2, 0) is 4.79 Å². The molecule has 3 amide bonds. The van der Waals surface area contributed by atoms with Crippen LogP contribution >= 0.6 is 0 Å². The van der Waals surface area contributed by atoms with Crippen LogP contribution in [0.2, 0.25) is 0 Å². The lowest BCUT2D eigenvalue weighted by Crippen LogP contribution is -2.50. The lowest BCUT2D eigenvalue weighted by Gasteiger charge is -2.32. The molecule has 2 N–H and O–H groups in total. The highest BCUT2D eigenvalue weighted by Gasteiger charge is 2.23. The van der Waals surface area contributed by atoms with Gasteiger partial charge in [0.2, 0.25) is 5.91 Å². The van der Waals surface area contributed by atoms with Crippen molar-refractivity contribution in [3.05, 3.63) is 0 Å². The highest BCUT2D eigenvalue weighted by Crippen LogP contribution is 2.11. The molecule has 0 unspecified atom stereocenters. The summed E-state index contributed by atoms with van der Waals surface area (Å²) in [6.07, 6.45) is 3.16. The van der Waals surface area contributed by atoms with Crippen molar-refractivity contribution in [1.29, 1.82) is 0 Å². The van der Waals surface area contributed by atoms with Crippen LogP contribution in [0.4, 0.5) is 4.79 Å². The molecule has 0 aromatic rings. The highest BCUT2D eigenvalue weighted by atomic mass is 16.2. The standard InChI is InChI=1S/C13H25N3O2/c1-4-5-12(17)15-11-6-8-16(9-7-11)13(18)14-10(2)3/h10-11H,4-9H2,1-3H3,(H,14,18)(H,15,17). The van der Waals surface area contributed by atoms with Gasteiger partial charge in [0, 0.05) is 31.6 Å². The van der Waals surface area contributed by atoms with Gasteiger partial charge in [-0.15, -0.1) is 0 Å². The fourth-order valence-electron chi connectivity index (χ4n) is 2.09. The maximum atomic E-state index is 11.8. The van der Waals surface area contributed by atoms with Gasteiger partial charge >= 0.3 is 6.03 Å². The van der Waals surface area contributed by atoms with Gasteiger partial charge in [-0.2, -0.15) is 0 Å². The number of carbonyl (C=O) groups excluding carboxylic acids is 2. The molecule has 18 heavy (non-hydrogen) atoms. The van der Waals surface area contributed by atoms with Crippen molar-refractivity contribution in [2.24, 2.45) is 0 Å². The Bertz CT molecular complexity index is 284. The number of likely N-dealkylation sites (tertiary alicyclic amines) is 1. The van der Waals surface area contributed by atoms with Gasteiger partial charge in [0.05, 0.1) is 0 Å². The molecule has 0 radical (unpaired) electrons. The number of nitrogens with one attached hydrogen (secondary N) is 2. The SMILES string of the molecule is CCCC(=O)NC1CCN(C(=O)NC(C)C)CC1. The second-order valence-corrected chi connectivity index (χ2v) is 5.18. The molecular weight excluding hydrogens is 230 g/mol. The van der Waals surface area contributed by atoms with Crippen molar-refractivity contribution in [1.82, 2.24) is 15.5 Å². The zero-order valence-electron chi connectivity index (χ0n) is 11.7. The van der Waals surface area contributed by atoms with Crippen LogP contribution in [0.15, 0.2) is 0 Å². The van der Waals surface area contributed by atoms with Crippen LogP contribution in [0.1, 0.15) is 46.5 Å². The van der Waals surface area contributed by atoms with E-state index in [0.717, 1.165) is 32.4 Å². The third kappa shape index (κ3) is 4.94. The van der Waals surface area contributed by atoms with Gasteiger partial charge in [0.1, 0.15) is 0 Å². The van der Waals surface area contributed by atoms with Crippen LogP contribution in [-0.4, -0.2) is 42.0 Å². The summed E-state index contributed by atoms with van der Waals surface area (Å²) in [5.41, 5.74) is 0. The molecule has 0 aliphatic carbocycles. The predicted molar refractivity (Wildman–Crippen MR) is 71.3 cm³/mol. The second-order valence-electron chi connectivity index (χ2n) is 5.18. The quantitative estimate of drug-likeness (QED) is 0.799.